The highest BCUT2D eigenvalue weighted by atomic mass is 16.2. The topological polar surface area (TPSA) is 58.2 Å². The summed E-state index contributed by atoms with van der Waals surface area (Å²) in [6.07, 6.45) is 7.02. The van der Waals surface area contributed by atoms with Gasteiger partial charge in [-0.1, -0.05) is 66.3 Å². The maximum atomic E-state index is 12.4. The molecule has 2 N–H and O–H groups in total. The van der Waals surface area contributed by atoms with Gasteiger partial charge in [0, 0.05) is 0 Å². The molecule has 2 aromatic rings. The van der Waals surface area contributed by atoms with Gasteiger partial charge in [0.1, 0.15) is 6.04 Å². The van der Waals surface area contributed by atoms with Crippen LogP contribution in [0.1, 0.15) is 25.8 Å². The normalized spacial score (nSPS) is 17.5. The van der Waals surface area contributed by atoms with Crippen molar-refractivity contribution < 1.29 is 9.59 Å². The Morgan fingerprint density at radius 2 is 1.92 bits per heavy atom. The molecule has 3 rings (SSSR count). The summed E-state index contributed by atoms with van der Waals surface area (Å²) in [5.41, 5.74) is 2.19. The Morgan fingerprint density at radius 1 is 1.15 bits per heavy atom. The molecule has 0 aliphatic heterocycles. The predicted molar refractivity (Wildman–Crippen MR) is 105 cm³/mol. The maximum absolute atomic E-state index is 12.4. The molecule has 0 spiro atoms. The minimum atomic E-state index is -0.572. The Morgan fingerprint density at radius 3 is 2.73 bits per heavy atom. The fraction of sp³-hybridized carbons (Fsp3) is 0.273. The fourth-order valence-corrected chi connectivity index (χ4v) is 3.22. The van der Waals surface area contributed by atoms with Crippen molar-refractivity contribution in [3.63, 3.8) is 0 Å². The molecule has 0 saturated carbocycles. The summed E-state index contributed by atoms with van der Waals surface area (Å²) in [6.45, 7) is 3.75. The number of amides is 2. The Kier molecular flexibility index (Phi) is 5.52. The number of carbonyl (C=O) groups excluding carboxylic acids is 2. The van der Waals surface area contributed by atoms with E-state index in [9.17, 15) is 9.59 Å². The van der Waals surface area contributed by atoms with Crippen LogP contribution in [0, 0.1) is 0 Å². The van der Waals surface area contributed by atoms with E-state index in [0.717, 1.165) is 22.8 Å². The van der Waals surface area contributed by atoms with Crippen LogP contribution in [0.4, 0.5) is 0 Å². The van der Waals surface area contributed by atoms with Crippen molar-refractivity contribution in [3.05, 3.63) is 71.8 Å². The van der Waals surface area contributed by atoms with E-state index in [0.29, 0.717) is 0 Å². The minimum Gasteiger partial charge on any atom is -0.348 e. The highest BCUT2D eigenvalue weighted by Gasteiger charge is 2.19. The standard InChI is InChI=1S/C22H24N2O2/c1-15-7-5-11-19(13-15)24-22(26)16(2)23-21(25)14-18-10-6-9-17-8-3-4-12-20(17)18/h3-12,16,19H,13-14H2,1-2H3,(H,23,25)(H,24,26)/t16-,19+/m0/s1. The van der Waals surface area contributed by atoms with E-state index in [1.807, 2.05) is 67.6 Å². The molecule has 1 aliphatic rings. The largest absolute Gasteiger partial charge is 0.348 e. The number of hydrogen-bond donors (Lipinski definition) is 2. The van der Waals surface area contributed by atoms with Crippen LogP contribution in [-0.2, 0) is 16.0 Å². The fourth-order valence-electron chi connectivity index (χ4n) is 3.22. The molecular formula is C22H24N2O2. The van der Waals surface area contributed by atoms with Gasteiger partial charge in [-0.3, -0.25) is 9.59 Å². The van der Waals surface area contributed by atoms with Crippen LogP contribution < -0.4 is 10.6 Å². The average molecular weight is 348 g/mol. The predicted octanol–water partition coefficient (Wildman–Crippen LogP) is 3.28. The smallest absolute Gasteiger partial charge is 0.242 e. The van der Waals surface area contributed by atoms with Gasteiger partial charge in [-0.05, 0) is 36.6 Å². The molecule has 26 heavy (non-hydrogen) atoms. The van der Waals surface area contributed by atoms with Gasteiger partial charge in [0.2, 0.25) is 11.8 Å². The third-order valence-corrected chi connectivity index (χ3v) is 4.60. The highest BCUT2D eigenvalue weighted by Crippen LogP contribution is 2.19. The van der Waals surface area contributed by atoms with E-state index in [4.69, 9.17) is 0 Å². The van der Waals surface area contributed by atoms with E-state index in [1.54, 1.807) is 6.92 Å². The summed E-state index contributed by atoms with van der Waals surface area (Å²) < 4.78 is 0. The third kappa shape index (κ3) is 4.39. The summed E-state index contributed by atoms with van der Waals surface area (Å²) in [7, 11) is 0. The molecule has 2 atom stereocenters. The molecule has 2 amide bonds. The van der Waals surface area contributed by atoms with Gasteiger partial charge >= 0.3 is 0 Å². The van der Waals surface area contributed by atoms with Gasteiger partial charge in [0.25, 0.3) is 0 Å². The second-order valence-electron chi connectivity index (χ2n) is 6.82. The second-order valence-corrected chi connectivity index (χ2v) is 6.82. The minimum absolute atomic E-state index is 0.00933. The van der Waals surface area contributed by atoms with Crippen LogP contribution in [0.3, 0.4) is 0 Å². The van der Waals surface area contributed by atoms with Crippen LogP contribution in [0.2, 0.25) is 0 Å². The highest BCUT2D eigenvalue weighted by molar-refractivity contribution is 5.92. The number of allylic oxidation sites excluding steroid dienone is 2. The Bertz CT molecular complexity index is 877. The van der Waals surface area contributed by atoms with Gasteiger partial charge in [-0.15, -0.1) is 0 Å². The molecule has 0 aromatic heterocycles. The number of carbonyl (C=O) groups is 2. The Balaban J connectivity index is 1.58. The zero-order valence-electron chi connectivity index (χ0n) is 15.2. The van der Waals surface area contributed by atoms with Crippen LogP contribution in [0.15, 0.2) is 66.3 Å². The summed E-state index contributed by atoms with van der Waals surface area (Å²) in [4.78, 5) is 24.7. The molecule has 1 aliphatic carbocycles. The van der Waals surface area contributed by atoms with Gasteiger partial charge in [-0.25, -0.2) is 0 Å². The molecule has 0 bridgehead atoms. The monoisotopic (exact) mass is 348 g/mol. The zero-order chi connectivity index (χ0) is 18.5. The summed E-state index contributed by atoms with van der Waals surface area (Å²) >= 11 is 0. The maximum Gasteiger partial charge on any atom is 0.242 e. The molecule has 0 unspecified atom stereocenters. The molecule has 134 valence electrons. The number of benzene rings is 2. The first-order valence-electron chi connectivity index (χ1n) is 8.93. The van der Waals surface area contributed by atoms with Gasteiger partial charge in [0.05, 0.1) is 12.5 Å². The van der Waals surface area contributed by atoms with Crippen molar-refractivity contribution in [2.24, 2.45) is 0 Å². The Labute approximate surface area is 154 Å². The lowest BCUT2D eigenvalue weighted by Gasteiger charge is -2.21. The molecule has 4 nitrogen and oxygen atoms in total. The quantitative estimate of drug-likeness (QED) is 0.871. The molecular weight excluding hydrogens is 324 g/mol. The average Bonchev–Trinajstić information content (AvgIpc) is 2.62. The molecule has 0 saturated heterocycles. The van der Waals surface area contributed by atoms with E-state index < -0.39 is 6.04 Å². The summed E-state index contributed by atoms with van der Waals surface area (Å²) in [5.74, 6) is -0.320. The third-order valence-electron chi connectivity index (χ3n) is 4.60. The number of hydrogen-bond acceptors (Lipinski definition) is 2. The molecule has 0 heterocycles. The van der Waals surface area contributed by atoms with Gasteiger partial charge in [-0.2, -0.15) is 0 Å². The number of fused-ring (bicyclic) bond motifs is 1. The number of rotatable bonds is 5. The van der Waals surface area contributed by atoms with Crippen molar-refractivity contribution in [3.8, 4) is 0 Å². The SMILES string of the molecule is CC1=CC=C[C@@H](NC(=O)[C@H](C)NC(=O)Cc2cccc3ccccc23)C1. The molecule has 4 heteroatoms. The van der Waals surface area contributed by atoms with Crippen molar-refractivity contribution in [1.82, 2.24) is 10.6 Å². The van der Waals surface area contributed by atoms with Gasteiger partial charge < -0.3 is 10.6 Å². The van der Waals surface area contributed by atoms with E-state index in [-0.39, 0.29) is 24.3 Å². The lowest BCUT2D eigenvalue weighted by Crippen LogP contribution is -2.48. The van der Waals surface area contributed by atoms with Gasteiger partial charge in [0.15, 0.2) is 0 Å². The van der Waals surface area contributed by atoms with Crippen molar-refractivity contribution in [2.75, 3.05) is 0 Å². The molecule has 0 fully saturated rings. The van der Waals surface area contributed by atoms with Crippen molar-refractivity contribution in [2.45, 2.75) is 38.8 Å². The van der Waals surface area contributed by atoms with E-state index in [2.05, 4.69) is 10.6 Å². The first-order chi connectivity index (χ1) is 12.5. The lowest BCUT2D eigenvalue weighted by atomic mass is 10.0. The zero-order valence-corrected chi connectivity index (χ0v) is 15.2. The van der Waals surface area contributed by atoms with Crippen LogP contribution >= 0.6 is 0 Å². The van der Waals surface area contributed by atoms with Crippen molar-refractivity contribution in [1.29, 1.82) is 0 Å². The first-order valence-corrected chi connectivity index (χ1v) is 8.93. The number of nitrogens with one attached hydrogen (secondary N) is 2. The van der Waals surface area contributed by atoms with Crippen LogP contribution in [-0.4, -0.2) is 23.9 Å². The first kappa shape index (κ1) is 17.9. The van der Waals surface area contributed by atoms with Crippen LogP contribution in [0.25, 0.3) is 10.8 Å². The van der Waals surface area contributed by atoms with Crippen molar-refractivity contribution >= 4 is 22.6 Å². The molecule has 0 radical (unpaired) electrons. The summed E-state index contributed by atoms with van der Waals surface area (Å²) in [5, 5.41) is 7.94. The Hall–Kier alpha value is -2.88. The second kappa shape index (κ2) is 8.00. The summed E-state index contributed by atoms with van der Waals surface area (Å²) in [6, 6.07) is 13.3. The lowest BCUT2D eigenvalue weighted by molar-refractivity contribution is -0.128. The molecule has 2 aromatic carbocycles. The van der Waals surface area contributed by atoms with E-state index >= 15 is 0 Å². The van der Waals surface area contributed by atoms with E-state index in [1.165, 1.54) is 5.57 Å². The van der Waals surface area contributed by atoms with Crippen LogP contribution in [0.5, 0.6) is 0 Å².